The van der Waals surface area contributed by atoms with Crippen molar-refractivity contribution >= 4 is 0 Å². The van der Waals surface area contributed by atoms with Crippen LogP contribution in [-0.4, -0.2) is 62.2 Å². The lowest BCUT2D eigenvalue weighted by molar-refractivity contribution is 0.129. The van der Waals surface area contributed by atoms with Crippen LogP contribution in [0.3, 0.4) is 0 Å². The van der Waals surface area contributed by atoms with Crippen LogP contribution in [0.15, 0.2) is 0 Å². The summed E-state index contributed by atoms with van der Waals surface area (Å²) in [4.78, 5) is 5.04. The second kappa shape index (κ2) is 9.73. The van der Waals surface area contributed by atoms with E-state index >= 15 is 0 Å². The van der Waals surface area contributed by atoms with Gasteiger partial charge in [-0.15, -0.1) is 0 Å². The molecule has 0 heterocycles. The van der Waals surface area contributed by atoms with Crippen molar-refractivity contribution in [3.05, 3.63) is 0 Å². The molecular formula is C16H35N3. The molecule has 3 heteroatoms. The molecule has 0 saturated heterocycles. The third kappa shape index (κ3) is 6.73. The van der Waals surface area contributed by atoms with Gasteiger partial charge in [0.1, 0.15) is 0 Å². The van der Waals surface area contributed by atoms with Crippen molar-refractivity contribution in [1.29, 1.82) is 0 Å². The molecule has 2 atom stereocenters. The molecule has 1 rings (SSSR count). The average Bonchev–Trinajstić information content (AvgIpc) is 2.41. The van der Waals surface area contributed by atoms with Crippen LogP contribution in [0.4, 0.5) is 0 Å². The Bertz CT molecular complexity index is 218. The summed E-state index contributed by atoms with van der Waals surface area (Å²) < 4.78 is 0. The van der Waals surface area contributed by atoms with Crippen molar-refractivity contribution in [2.75, 3.05) is 40.3 Å². The molecule has 1 aliphatic carbocycles. The molecule has 0 aromatic rings. The predicted molar refractivity (Wildman–Crippen MR) is 84.8 cm³/mol. The largest absolute Gasteiger partial charge is 0.314 e. The van der Waals surface area contributed by atoms with Gasteiger partial charge in [0.05, 0.1) is 0 Å². The van der Waals surface area contributed by atoms with Crippen molar-refractivity contribution in [3.8, 4) is 0 Å². The van der Waals surface area contributed by atoms with Crippen LogP contribution in [-0.2, 0) is 0 Å². The second-order valence-electron chi connectivity index (χ2n) is 6.31. The quantitative estimate of drug-likeness (QED) is 0.694. The van der Waals surface area contributed by atoms with Crippen LogP contribution in [0.2, 0.25) is 0 Å². The van der Waals surface area contributed by atoms with Crippen LogP contribution < -0.4 is 5.32 Å². The van der Waals surface area contributed by atoms with E-state index in [4.69, 9.17) is 0 Å². The number of likely N-dealkylation sites (N-methyl/N-ethyl adjacent to an activating group) is 1. The fourth-order valence-electron chi connectivity index (χ4n) is 3.12. The number of hydrogen-bond acceptors (Lipinski definition) is 3. The normalized spacial score (nSPS) is 24.3. The van der Waals surface area contributed by atoms with E-state index in [1.807, 2.05) is 0 Å². The van der Waals surface area contributed by atoms with E-state index in [-0.39, 0.29) is 0 Å². The standard InChI is InChI=1S/C16H35N3/c1-5-10-17-15-8-7-9-16(14-15)19(11-6-2)13-12-18(3)4/h15-17H,5-14H2,1-4H3. The van der Waals surface area contributed by atoms with Crippen LogP contribution >= 0.6 is 0 Å². The minimum Gasteiger partial charge on any atom is -0.314 e. The Morgan fingerprint density at radius 3 is 2.42 bits per heavy atom. The van der Waals surface area contributed by atoms with E-state index in [0.717, 1.165) is 12.1 Å². The molecule has 0 aromatic carbocycles. The van der Waals surface area contributed by atoms with Gasteiger partial charge in [-0.05, 0) is 59.3 Å². The third-order valence-corrected chi connectivity index (χ3v) is 4.19. The van der Waals surface area contributed by atoms with Crippen molar-refractivity contribution in [1.82, 2.24) is 15.1 Å². The topological polar surface area (TPSA) is 18.5 Å². The minimum atomic E-state index is 0.761. The summed E-state index contributed by atoms with van der Waals surface area (Å²) in [6, 6.07) is 1.57. The van der Waals surface area contributed by atoms with E-state index in [1.54, 1.807) is 0 Å². The molecule has 1 saturated carbocycles. The van der Waals surface area contributed by atoms with Gasteiger partial charge >= 0.3 is 0 Å². The minimum absolute atomic E-state index is 0.761. The molecule has 114 valence electrons. The Kier molecular flexibility index (Phi) is 8.67. The molecule has 0 radical (unpaired) electrons. The number of nitrogens with one attached hydrogen (secondary N) is 1. The van der Waals surface area contributed by atoms with Gasteiger partial charge in [-0.1, -0.05) is 20.3 Å². The molecule has 1 fully saturated rings. The van der Waals surface area contributed by atoms with Crippen molar-refractivity contribution in [2.24, 2.45) is 0 Å². The van der Waals surface area contributed by atoms with Gasteiger partial charge in [-0.2, -0.15) is 0 Å². The number of rotatable bonds is 9. The van der Waals surface area contributed by atoms with Gasteiger partial charge in [0.15, 0.2) is 0 Å². The summed E-state index contributed by atoms with van der Waals surface area (Å²) >= 11 is 0. The molecular weight excluding hydrogens is 234 g/mol. The van der Waals surface area contributed by atoms with Gasteiger partial charge in [0.2, 0.25) is 0 Å². The van der Waals surface area contributed by atoms with E-state index in [0.29, 0.717) is 0 Å². The first-order valence-electron chi connectivity index (χ1n) is 8.29. The van der Waals surface area contributed by atoms with Crippen LogP contribution in [0, 0.1) is 0 Å². The van der Waals surface area contributed by atoms with Gasteiger partial charge in [-0.25, -0.2) is 0 Å². The zero-order valence-electron chi connectivity index (χ0n) is 13.6. The van der Waals surface area contributed by atoms with Crippen molar-refractivity contribution in [3.63, 3.8) is 0 Å². The average molecular weight is 269 g/mol. The molecule has 0 aromatic heterocycles. The van der Waals surface area contributed by atoms with E-state index in [1.165, 1.54) is 64.7 Å². The fourth-order valence-corrected chi connectivity index (χ4v) is 3.12. The zero-order chi connectivity index (χ0) is 14.1. The summed E-state index contributed by atoms with van der Waals surface area (Å²) in [6.07, 6.45) is 8.06. The number of nitrogens with zero attached hydrogens (tertiary/aromatic N) is 2. The lowest BCUT2D eigenvalue weighted by Gasteiger charge is -2.38. The Morgan fingerprint density at radius 2 is 1.79 bits per heavy atom. The predicted octanol–water partition coefficient (Wildman–Crippen LogP) is 2.57. The molecule has 19 heavy (non-hydrogen) atoms. The van der Waals surface area contributed by atoms with Gasteiger partial charge in [-0.3, -0.25) is 4.90 Å². The first-order chi connectivity index (χ1) is 9.17. The van der Waals surface area contributed by atoms with Crippen molar-refractivity contribution in [2.45, 2.75) is 64.5 Å². The monoisotopic (exact) mass is 269 g/mol. The van der Waals surface area contributed by atoms with Gasteiger partial charge in [0, 0.05) is 25.2 Å². The molecule has 0 spiro atoms. The summed E-state index contributed by atoms with van der Waals surface area (Å²) in [5.41, 5.74) is 0. The summed E-state index contributed by atoms with van der Waals surface area (Å²) in [7, 11) is 4.35. The first-order valence-corrected chi connectivity index (χ1v) is 8.29. The molecule has 0 amide bonds. The highest BCUT2D eigenvalue weighted by Gasteiger charge is 2.25. The van der Waals surface area contributed by atoms with Gasteiger partial charge < -0.3 is 10.2 Å². The summed E-state index contributed by atoms with van der Waals surface area (Å²) in [5.74, 6) is 0. The Morgan fingerprint density at radius 1 is 1.00 bits per heavy atom. The third-order valence-electron chi connectivity index (χ3n) is 4.19. The molecule has 0 aliphatic heterocycles. The Balaban J connectivity index is 2.42. The summed E-state index contributed by atoms with van der Waals surface area (Å²) in [5, 5.41) is 3.73. The first kappa shape index (κ1) is 16.9. The highest BCUT2D eigenvalue weighted by atomic mass is 15.2. The Hall–Kier alpha value is -0.120. The van der Waals surface area contributed by atoms with Gasteiger partial charge in [0.25, 0.3) is 0 Å². The summed E-state index contributed by atoms with van der Waals surface area (Å²) in [6.45, 7) is 9.42. The SMILES string of the molecule is CCCNC1CCCC(N(CCC)CCN(C)C)C1. The molecule has 1 aliphatic rings. The van der Waals surface area contributed by atoms with Crippen LogP contribution in [0.5, 0.6) is 0 Å². The molecule has 0 bridgehead atoms. The number of hydrogen-bond donors (Lipinski definition) is 1. The maximum atomic E-state index is 3.73. The molecule has 2 unspecified atom stereocenters. The van der Waals surface area contributed by atoms with Crippen LogP contribution in [0.1, 0.15) is 52.4 Å². The fraction of sp³-hybridized carbons (Fsp3) is 1.00. The molecule has 3 nitrogen and oxygen atoms in total. The van der Waals surface area contributed by atoms with E-state index in [9.17, 15) is 0 Å². The lowest BCUT2D eigenvalue weighted by atomic mass is 9.89. The smallest absolute Gasteiger partial charge is 0.0112 e. The lowest BCUT2D eigenvalue weighted by Crippen LogP contribution is -2.46. The maximum Gasteiger partial charge on any atom is 0.0112 e. The molecule has 1 N–H and O–H groups in total. The second-order valence-corrected chi connectivity index (χ2v) is 6.31. The maximum absolute atomic E-state index is 3.73. The highest BCUT2D eigenvalue weighted by molar-refractivity contribution is 4.84. The Labute approximate surface area is 120 Å². The van der Waals surface area contributed by atoms with Crippen molar-refractivity contribution < 1.29 is 0 Å². The van der Waals surface area contributed by atoms with E-state index in [2.05, 4.69) is 43.1 Å². The van der Waals surface area contributed by atoms with Crippen LogP contribution in [0.25, 0.3) is 0 Å². The highest BCUT2D eigenvalue weighted by Crippen LogP contribution is 2.23. The zero-order valence-corrected chi connectivity index (χ0v) is 13.6. The van der Waals surface area contributed by atoms with E-state index < -0.39 is 0 Å².